The summed E-state index contributed by atoms with van der Waals surface area (Å²) in [7, 11) is 0. The summed E-state index contributed by atoms with van der Waals surface area (Å²) in [5, 5.41) is 0. The van der Waals surface area contributed by atoms with Gasteiger partial charge in [0.2, 0.25) is 0 Å². The fourth-order valence-electron chi connectivity index (χ4n) is 1.45. The molecule has 0 aromatic heterocycles. The molecule has 58 valence electrons. The summed E-state index contributed by atoms with van der Waals surface area (Å²) >= 11 is 0. The molecule has 2 saturated heterocycles. The summed E-state index contributed by atoms with van der Waals surface area (Å²) in [6.07, 6.45) is 4.38. The third-order valence-corrected chi connectivity index (χ3v) is 2.39. The maximum Gasteiger partial charge on any atom is 0.0867 e. The van der Waals surface area contributed by atoms with E-state index in [1.807, 2.05) is 0 Å². The van der Waals surface area contributed by atoms with Gasteiger partial charge < -0.3 is 9.47 Å². The first kappa shape index (κ1) is 6.62. The van der Waals surface area contributed by atoms with Crippen LogP contribution < -0.4 is 0 Å². The highest BCUT2D eigenvalue weighted by Gasteiger charge is 2.45. The molecule has 2 aliphatic rings. The first-order valence-electron chi connectivity index (χ1n) is 4.12. The molecule has 4 unspecified atom stereocenters. The van der Waals surface area contributed by atoms with E-state index >= 15 is 0 Å². The van der Waals surface area contributed by atoms with Gasteiger partial charge in [-0.25, -0.2) is 0 Å². The molecule has 0 bridgehead atoms. The van der Waals surface area contributed by atoms with Crippen LogP contribution in [0.25, 0.3) is 0 Å². The van der Waals surface area contributed by atoms with E-state index in [4.69, 9.17) is 9.47 Å². The number of epoxide rings is 2. The minimum absolute atomic E-state index is 0.502. The van der Waals surface area contributed by atoms with Crippen molar-refractivity contribution >= 4 is 0 Å². The zero-order valence-electron chi connectivity index (χ0n) is 6.54. The highest BCUT2D eigenvalue weighted by atomic mass is 16.6. The lowest BCUT2D eigenvalue weighted by Gasteiger charge is -1.85. The van der Waals surface area contributed by atoms with Crippen LogP contribution >= 0.6 is 0 Å². The van der Waals surface area contributed by atoms with Crippen molar-refractivity contribution in [2.75, 3.05) is 0 Å². The summed E-state index contributed by atoms with van der Waals surface area (Å²) in [5.74, 6) is 0. The first-order chi connectivity index (χ1) is 4.81. The lowest BCUT2D eigenvalue weighted by atomic mass is 10.1. The Kier molecular flexibility index (Phi) is 1.46. The van der Waals surface area contributed by atoms with E-state index in [0.29, 0.717) is 24.4 Å². The van der Waals surface area contributed by atoms with Crippen LogP contribution in [-0.4, -0.2) is 24.4 Å². The average Bonchev–Trinajstić information content (AvgIpc) is 2.76. The quantitative estimate of drug-likeness (QED) is 0.555. The fourth-order valence-corrected chi connectivity index (χ4v) is 1.45. The molecule has 0 aliphatic carbocycles. The van der Waals surface area contributed by atoms with Gasteiger partial charge in [-0.15, -0.1) is 0 Å². The summed E-state index contributed by atoms with van der Waals surface area (Å²) in [6.45, 7) is 4.29. The average molecular weight is 142 g/mol. The van der Waals surface area contributed by atoms with Gasteiger partial charge in [0.1, 0.15) is 0 Å². The van der Waals surface area contributed by atoms with Gasteiger partial charge in [-0.2, -0.15) is 0 Å². The van der Waals surface area contributed by atoms with Crippen molar-refractivity contribution in [2.24, 2.45) is 0 Å². The van der Waals surface area contributed by atoms with E-state index in [2.05, 4.69) is 13.8 Å². The van der Waals surface area contributed by atoms with E-state index in [1.54, 1.807) is 0 Å². The molecule has 10 heavy (non-hydrogen) atoms. The highest BCUT2D eigenvalue weighted by molar-refractivity contribution is 4.92. The van der Waals surface area contributed by atoms with Crippen molar-refractivity contribution in [1.29, 1.82) is 0 Å². The lowest BCUT2D eigenvalue weighted by Crippen LogP contribution is -1.98. The van der Waals surface area contributed by atoms with Crippen LogP contribution in [0.15, 0.2) is 0 Å². The third kappa shape index (κ3) is 1.18. The molecule has 0 amide bonds. The maximum absolute atomic E-state index is 5.39. The number of hydrogen-bond donors (Lipinski definition) is 0. The Balaban J connectivity index is 1.65. The fraction of sp³-hybridized carbons (Fsp3) is 1.00. The van der Waals surface area contributed by atoms with Gasteiger partial charge in [-0.3, -0.25) is 0 Å². The van der Waals surface area contributed by atoms with E-state index in [0.717, 1.165) is 12.8 Å². The van der Waals surface area contributed by atoms with Crippen molar-refractivity contribution in [3.05, 3.63) is 0 Å². The summed E-state index contributed by atoms with van der Waals surface area (Å²) in [4.78, 5) is 0. The van der Waals surface area contributed by atoms with Crippen LogP contribution in [0.2, 0.25) is 0 Å². The number of hydrogen-bond acceptors (Lipinski definition) is 2. The molecular weight excluding hydrogens is 128 g/mol. The normalized spacial score (nSPS) is 51.0. The second-order valence-corrected chi connectivity index (χ2v) is 3.24. The van der Waals surface area contributed by atoms with Crippen LogP contribution in [0, 0.1) is 0 Å². The van der Waals surface area contributed by atoms with E-state index < -0.39 is 0 Å². The predicted octanol–water partition coefficient (Wildman–Crippen LogP) is 1.34. The molecule has 0 N–H and O–H groups in total. The highest BCUT2D eigenvalue weighted by Crippen LogP contribution is 2.35. The van der Waals surface area contributed by atoms with Gasteiger partial charge in [0.05, 0.1) is 24.4 Å². The summed E-state index contributed by atoms with van der Waals surface area (Å²) < 4.78 is 10.7. The van der Waals surface area contributed by atoms with Crippen molar-refractivity contribution in [2.45, 2.75) is 51.1 Å². The molecule has 2 aliphatic heterocycles. The van der Waals surface area contributed by atoms with Crippen LogP contribution in [0.5, 0.6) is 0 Å². The molecule has 0 saturated carbocycles. The van der Waals surface area contributed by atoms with E-state index in [9.17, 15) is 0 Å². The largest absolute Gasteiger partial charge is 0.370 e. The second-order valence-electron chi connectivity index (χ2n) is 3.24. The Morgan fingerprint density at radius 2 is 1.80 bits per heavy atom. The minimum Gasteiger partial charge on any atom is -0.370 e. The molecule has 2 heterocycles. The molecule has 0 aromatic carbocycles. The molecule has 0 radical (unpaired) electrons. The van der Waals surface area contributed by atoms with E-state index in [-0.39, 0.29) is 0 Å². The zero-order chi connectivity index (χ0) is 7.14. The van der Waals surface area contributed by atoms with Gasteiger partial charge in [-0.1, -0.05) is 6.92 Å². The molecule has 0 aromatic rings. The van der Waals surface area contributed by atoms with Crippen molar-refractivity contribution < 1.29 is 9.47 Å². The van der Waals surface area contributed by atoms with Crippen LogP contribution in [0.4, 0.5) is 0 Å². The molecule has 2 heteroatoms. The zero-order valence-corrected chi connectivity index (χ0v) is 6.54. The monoisotopic (exact) mass is 142 g/mol. The molecule has 2 nitrogen and oxygen atoms in total. The van der Waals surface area contributed by atoms with Crippen LogP contribution in [0.1, 0.15) is 26.7 Å². The molecule has 2 fully saturated rings. The summed E-state index contributed by atoms with van der Waals surface area (Å²) in [6, 6.07) is 0. The van der Waals surface area contributed by atoms with Crippen molar-refractivity contribution in [1.82, 2.24) is 0 Å². The lowest BCUT2D eigenvalue weighted by molar-refractivity contribution is 0.325. The molecule has 2 rings (SSSR count). The van der Waals surface area contributed by atoms with Gasteiger partial charge in [-0.05, 0) is 13.3 Å². The van der Waals surface area contributed by atoms with Crippen LogP contribution in [-0.2, 0) is 9.47 Å². The Morgan fingerprint density at radius 3 is 2.20 bits per heavy atom. The molecule has 0 spiro atoms. The van der Waals surface area contributed by atoms with Crippen molar-refractivity contribution in [3.8, 4) is 0 Å². The maximum atomic E-state index is 5.39. The van der Waals surface area contributed by atoms with E-state index in [1.165, 1.54) is 0 Å². The van der Waals surface area contributed by atoms with Crippen LogP contribution in [0.3, 0.4) is 0 Å². The number of ether oxygens (including phenoxy) is 2. The smallest absolute Gasteiger partial charge is 0.0867 e. The Bertz CT molecular complexity index is 135. The predicted molar refractivity (Wildman–Crippen MR) is 37.9 cm³/mol. The molecular formula is C8H14O2. The Hall–Kier alpha value is -0.0800. The Morgan fingerprint density at radius 1 is 1.10 bits per heavy atom. The Labute approximate surface area is 61.5 Å². The third-order valence-electron chi connectivity index (χ3n) is 2.39. The number of rotatable bonds is 3. The van der Waals surface area contributed by atoms with Gasteiger partial charge in [0.15, 0.2) is 0 Å². The van der Waals surface area contributed by atoms with Gasteiger partial charge >= 0.3 is 0 Å². The van der Waals surface area contributed by atoms with Crippen molar-refractivity contribution in [3.63, 3.8) is 0 Å². The topological polar surface area (TPSA) is 25.1 Å². The SMILES string of the molecule is CCC1OC1CC1OC1C. The molecule has 4 atom stereocenters. The summed E-state index contributed by atoms with van der Waals surface area (Å²) in [5.41, 5.74) is 0. The standard InChI is InChI=1S/C8H14O2/c1-3-6-8(10-6)4-7-5(2)9-7/h5-8H,3-4H2,1-2H3. The minimum atomic E-state index is 0.502. The van der Waals surface area contributed by atoms with Gasteiger partial charge in [0.25, 0.3) is 0 Å². The first-order valence-corrected chi connectivity index (χ1v) is 4.12. The second kappa shape index (κ2) is 2.21. The van der Waals surface area contributed by atoms with Gasteiger partial charge in [0, 0.05) is 6.42 Å².